The third kappa shape index (κ3) is 3.34. The van der Waals surface area contributed by atoms with Gasteiger partial charge in [0.1, 0.15) is 0 Å². The molecule has 14 heavy (non-hydrogen) atoms. The largest absolute Gasteiger partial charge is 0.471 e. The number of carbonyl (C=O) groups excluding carboxylic acids is 1. The number of hydrogen-bond donors (Lipinski definition) is 2. The highest BCUT2D eigenvalue weighted by molar-refractivity contribution is 5.85. The van der Waals surface area contributed by atoms with Gasteiger partial charge in [0.2, 0.25) is 0 Å². The van der Waals surface area contributed by atoms with Gasteiger partial charge in [0.15, 0.2) is 0 Å². The van der Waals surface area contributed by atoms with E-state index in [9.17, 15) is 18.0 Å². The molecule has 1 heterocycles. The van der Waals surface area contributed by atoms with Crippen LogP contribution in [-0.4, -0.2) is 30.7 Å². The van der Waals surface area contributed by atoms with Crippen molar-refractivity contribution in [2.75, 3.05) is 13.1 Å². The van der Waals surface area contributed by atoms with Crippen LogP contribution in [0.2, 0.25) is 0 Å². The van der Waals surface area contributed by atoms with Crippen molar-refractivity contribution in [2.24, 2.45) is 0 Å². The van der Waals surface area contributed by atoms with Crippen LogP contribution in [0.1, 0.15) is 13.3 Å². The standard InChI is InChI=1S/C7H11F3N2O.ClH/c1-6(2-3-11-4-6)12-5(13)7(8,9)10;/h11H,2-4H2,1H3,(H,12,13);1H. The van der Waals surface area contributed by atoms with E-state index >= 15 is 0 Å². The van der Waals surface area contributed by atoms with E-state index in [0.29, 0.717) is 19.5 Å². The van der Waals surface area contributed by atoms with Crippen LogP contribution in [0, 0.1) is 0 Å². The fourth-order valence-electron chi connectivity index (χ4n) is 1.27. The number of amides is 1. The lowest BCUT2D eigenvalue weighted by Crippen LogP contribution is -2.52. The fourth-order valence-corrected chi connectivity index (χ4v) is 1.27. The van der Waals surface area contributed by atoms with E-state index < -0.39 is 17.6 Å². The first-order valence-corrected chi connectivity index (χ1v) is 3.94. The molecule has 1 amide bonds. The number of halogens is 4. The van der Waals surface area contributed by atoms with E-state index in [-0.39, 0.29) is 12.4 Å². The van der Waals surface area contributed by atoms with Gasteiger partial charge in [0, 0.05) is 6.54 Å². The summed E-state index contributed by atoms with van der Waals surface area (Å²) in [5, 5.41) is 4.86. The van der Waals surface area contributed by atoms with Gasteiger partial charge < -0.3 is 10.6 Å². The molecule has 0 bridgehead atoms. The highest BCUT2D eigenvalue weighted by atomic mass is 35.5. The second-order valence-electron chi connectivity index (χ2n) is 3.44. The van der Waals surface area contributed by atoms with Gasteiger partial charge in [0.25, 0.3) is 0 Å². The molecule has 1 fully saturated rings. The van der Waals surface area contributed by atoms with Crippen LogP contribution in [0.3, 0.4) is 0 Å². The third-order valence-electron chi connectivity index (χ3n) is 2.04. The lowest BCUT2D eigenvalue weighted by molar-refractivity contribution is -0.175. The van der Waals surface area contributed by atoms with Crippen LogP contribution in [0.15, 0.2) is 0 Å². The first kappa shape index (κ1) is 13.5. The van der Waals surface area contributed by atoms with Crippen LogP contribution in [0.25, 0.3) is 0 Å². The molecule has 0 aromatic carbocycles. The van der Waals surface area contributed by atoms with Crippen molar-refractivity contribution < 1.29 is 18.0 Å². The van der Waals surface area contributed by atoms with Crippen LogP contribution < -0.4 is 10.6 Å². The normalized spacial score (nSPS) is 26.9. The van der Waals surface area contributed by atoms with Crippen LogP contribution >= 0.6 is 12.4 Å². The molecule has 1 saturated heterocycles. The average Bonchev–Trinajstić information content (AvgIpc) is 2.33. The SMILES string of the molecule is CC1(NC(=O)C(F)(F)F)CCNC1.Cl. The maximum Gasteiger partial charge on any atom is 0.471 e. The number of rotatable bonds is 1. The molecule has 0 aromatic heterocycles. The maximum atomic E-state index is 11.8. The maximum absolute atomic E-state index is 11.8. The minimum atomic E-state index is -4.79. The van der Waals surface area contributed by atoms with E-state index in [1.807, 2.05) is 5.32 Å². The predicted molar refractivity (Wildman–Crippen MR) is 47.3 cm³/mol. The first-order valence-electron chi connectivity index (χ1n) is 3.94. The van der Waals surface area contributed by atoms with Gasteiger partial charge in [0.05, 0.1) is 5.54 Å². The summed E-state index contributed by atoms with van der Waals surface area (Å²) in [4.78, 5) is 10.6. The van der Waals surface area contributed by atoms with E-state index in [4.69, 9.17) is 0 Å². The molecule has 84 valence electrons. The van der Waals surface area contributed by atoms with Gasteiger partial charge >= 0.3 is 12.1 Å². The van der Waals surface area contributed by atoms with Crippen molar-refractivity contribution in [3.8, 4) is 0 Å². The molecular formula is C7H12ClF3N2O. The summed E-state index contributed by atoms with van der Waals surface area (Å²) >= 11 is 0. The lowest BCUT2D eigenvalue weighted by atomic mass is 10.0. The van der Waals surface area contributed by atoms with Crippen LogP contribution in [-0.2, 0) is 4.79 Å². The summed E-state index contributed by atoms with van der Waals surface area (Å²) in [6.07, 6.45) is -4.26. The monoisotopic (exact) mass is 232 g/mol. The zero-order valence-corrected chi connectivity index (χ0v) is 8.39. The summed E-state index contributed by atoms with van der Waals surface area (Å²) < 4.78 is 35.5. The molecule has 0 radical (unpaired) electrons. The van der Waals surface area contributed by atoms with Crippen LogP contribution in [0.4, 0.5) is 13.2 Å². The highest BCUT2D eigenvalue weighted by Crippen LogP contribution is 2.19. The van der Waals surface area contributed by atoms with Gasteiger partial charge in [-0.25, -0.2) is 0 Å². The molecule has 0 aliphatic carbocycles. The number of carbonyl (C=O) groups is 1. The first-order chi connectivity index (χ1) is 5.83. The van der Waals surface area contributed by atoms with Gasteiger partial charge in [-0.05, 0) is 19.9 Å². The molecule has 0 aromatic rings. The minimum absolute atomic E-state index is 0. The van der Waals surface area contributed by atoms with Gasteiger partial charge in [-0.2, -0.15) is 13.2 Å². The van der Waals surface area contributed by atoms with Crippen molar-refractivity contribution in [3.63, 3.8) is 0 Å². The molecule has 2 N–H and O–H groups in total. The summed E-state index contributed by atoms with van der Waals surface area (Å²) in [6.45, 7) is 2.61. The molecule has 0 saturated carbocycles. The van der Waals surface area contributed by atoms with Crippen molar-refractivity contribution in [1.29, 1.82) is 0 Å². The quantitative estimate of drug-likeness (QED) is 0.704. The van der Waals surface area contributed by atoms with Crippen molar-refractivity contribution >= 4 is 18.3 Å². The summed E-state index contributed by atoms with van der Waals surface area (Å²) in [6, 6.07) is 0. The Bertz CT molecular complexity index is 213. The smallest absolute Gasteiger partial charge is 0.342 e. The Balaban J connectivity index is 0.00000169. The zero-order chi connectivity index (χ0) is 10.1. The van der Waals surface area contributed by atoms with Crippen molar-refractivity contribution in [3.05, 3.63) is 0 Å². The van der Waals surface area contributed by atoms with Crippen LogP contribution in [0.5, 0.6) is 0 Å². The number of alkyl halides is 3. The minimum Gasteiger partial charge on any atom is -0.342 e. The summed E-state index contributed by atoms with van der Waals surface area (Å²) in [5.41, 5.74) is -0.757. The van der Waals surface area contributed by atoms with Gasteiger partial charge in [-0.1, -0.05) is 0 Å². The predicted octanol–water partition coefficient (Wildman–Crippen LogP) is 0.839. The molecule has 1 rings (SSSR count). The molecule has 1 aliphatic heterocycles. The summed E-state index contributed by atoms with van der Waals surface area (Å²) in [7, 11) is 0. The lowest BCUT2D eigenvalue weighted by Gasteiger charge is -2.24. The number of nitrogens with one attached hydrogen (secondary N) is 2. The Morgan fingerprint density at radius 1 is 1.50 bits per heavy atom. The molecular weight excluding hydrogens is 221 g/mol. The zero-order valence-electron chi connectivity index (χ0n) is 7.57. The Labute approximate surface area is 85.8 Å². The molecule has 1 atom stereocenters. The Hall–Kier alpha value is -0.490. The fraction of sp³-hybridized carbons (Fsp3) is 0.857. The van der Waals surface area contributed by atoms with Gasteiger partial charge in [-0.3, -0.25) is 4.79 Å². The number of hydrogen-bond acceptors (Lipinski definition) is 2. The Kier molecular flexibility index (Phi) is 4.20. The molecule has 7 heteroatoms. The van der Waals surface area contributed by atoms with Crippen molar-refractivity contribution in [2.45, 2.75) is 25.1 Å². The Morgan fingerprint density at radius 2 is 2.07 bits per heavy atom. The van der Waals surface area contributed by atoms with Crippen molar-refractivity contribution in [1.82, 2.24) is 10.6 Å². The Morgan fingerprint density at radius 3 is 2.43 bits per heavy atom. The van der Waals surface area contributed by atoms with Gasteiger partial charge in [-0.15, -0.1) is 12.4 Å². The highest BCUT2D eigenvalue weighted by Gasteiger charge is 2.43. The van der Waals surface area contributed by atoms with E-state index in [1.54, 1.807) is 6.92 Å². The molecule has 0 spiro atoms. The topological polar surface area (TPSA) is 41.1 Å². The van der Waals surface area contributed by atoms with E-state index in [1.165, 1.54) is 0 Å². The molecule has 1 aliphatic rings. The average molecular weight is 233 g/mol. The molecule has 1 unspecified atom stereocenters. The van der Waals surface area contributed by atoms with E-state index in [2.05, 4.69) is 5.32 Å². The second-order valence-corrected chi connectivity index (χ2v) is 3.44. The second kappa shape index (κ2) is 4.35. The summed E-state index contributed by atoms with van der Waals surface area (Å²) in [5.74, 6) is -1.86. The van der Waals surface area contributed by atoms with E-state index in [0.717, 1.165) is 0 Å². The molecule has 3 nitrogen and oxygen atoms in total. The third-order valence-corrected chi connectivity index (χ3v) is 2.04.